The van der Waals surface area contributed by atoms with Crippen LogP contribution < -0.4 is 0 Å². The molecule has 0 saturated carbocycles. The zero-order valence-corrected chi connectivity index (χ0v) is 15.3. The van der Waals surface area contributed by atoms with Gasteiger partial charge in [-0.25, -0.2) is 0 Å². The van der Waals surface area contributed by atoms with Gasteiger partial charge in [-0.2, -0.15) is 0 Å². The number of piperidine rings is 1. The van der Waals surface area contributed by atoms with Gasteiger partial charge in [0, 0.05) is 51.7 Å². The van der Waals surface area contributed by atoms with Crippen molar-refractivity contribution in [3.8, 4) is 0 Å². The van der Waals surface area contributed by atoms with E-state index in [9.17, 15) is 4.79 Å². The average Bonchev–Trinajstić information content (AvgIpc) is 3.22. The van der Waals surface area contributed by atoms with Gasteiger partial charge in [0.2, 0.25) is 0 Å². The topological polar surface area (TPSA) is 49.2 Å². The maximum Gasteiger partial charge on any atom is 0.289 e. The first-order valence-corrected chi connectivity index (χ1v) is 9.48. The third-order valence-electron chi connectivity index (χ3n) is 6.08. The molecule has 3 aliphatic rings. The molecule has 1 amide bonds. The van der Waals surface area contributed by atoms with Gasteiger partial charge in [0.15, 0.2) is 5.76 Å². The number of rotatable bonds is 3. The van der Waals surface area contributed by atoms with Crippen LogP contribution in [0.15, 0.2) is 16.5 Å². The fourth-order valence-corrected chi connectivity index (χ4v) is 4.39. The SMILES string of the molecule is Cc1ccc(C(=O)N2CC[C@H]3CO[C@H](CN4CCN(C)CC4)[C@H]3C2)o1. The van der Waals surface area contributed by atoms with Crippen molar-refractivity contribution in [2.45, 2.75) is 19.4 Å². The molecule has 3 aliphatic heterocycles. The van der Waals surface area contributed by atoms with E-state index < -0.39 is 0 Å². The number of nitrogens with zero attached hydrogens (tertiary/aromatic N) is 3. The second-order valence-electron chi connectivity index (χ2n) is 7.85. The fourth-order valence-electron chi connectivity index (χ4n) is 4.39. The molecule has 0 unspecified atom stereocenters. The van der Waals surface area contributed by atoms with E-state index in [2.05, 4.69) is 16.8 Å². The van der Waals surface area contributed by atoms with Crippen molar-refractivity contribution >= 4 is 5.91 Å². The summed E-state index contributed by atoms with van der Waals surface area (Å²) in [6, 6.07) is 3.64. The molecule has 0 aromatic carbocycles. The van der Waals surface area contributed by atoms with Crippen molar-refractivity contribution in [3.05, 3.63) is 23.7 Å². The number of fused-ring (bicyclic) bond motifs is 1. The van der Waals surface area contributed by atoms with Crippen LogP contribution in [0.5, 0.6) is 0 Å². The lowest BCUT2D eigenvalue weighted by atomic mass is 9.84. The number of ether oxygens (including phenoxy) is 1. The Bertz CT molecular complexity index is 609. The summed E-state index contributed by atoms with van der Waals surface area (Å²) in [6.07, 6.45) is 1.29. The molecule has 3 saturated heterocycles. The average molecular weight is 347 g/mol. The highest BCUT2D eigenvalue weighted by atomic mass is 16.5. The largest absolute Gasteiger partial charge is 0.456 e. The molecule has 6 heteroatoms. The van der Waals surface area contributed by atoms with Gasteiger partial charge in [0.05, 0.1) is 12.7 Å². The van der Waals surface area contributed by atoms with E-state index in [1.807, 2.05) is 17.9 Å². The van der Waals surface area contributed by atoms with Gasteiger partial charge in [0.25, 0.3) is 5.91 Å². The Kier molecular flexibility index (Phi) is 4.84. The number of hydrogen-bond acceptors (Lipinski definition) is 5. The number of likely N-dealkylation sites (tertiary alicyclic amines) is 1. The van der Waals surface area contributed by atoms with Crippen LogP contribution in [0.1, 0.15) is 22.7 Å². The number of furan rings is 1. The fraction of sp³-hybridized carbons (Fsp3) is 0.737. The molecule has 6 nitrogen and oxygen atoms in total. The van der Waals surface area contributed by atoms with E-state index >= 15 is 0 Å². The van der Waals surface area contributed by atoms with Gasteiger partial charge in [-0.1, -0.05) is 0 Å². The summed E-state index contributed by atoms with van der Waals surface area (Å²) in [5.74, 6) is 2.32. The van der Waals surface area contributed by atoms with Gasteiger partial charge >= 0.3 is 0 Å². The molecule has 4 rings (SSSR count). The lowest BCUT2D eigenvalue weighted by molar-refractivity contribution is 0.0284. The van der Waals surface area contributed by atoms with Crippen LogP contribution >= 0.6 is 0 Å². The molecule has 1 aromatic heterocycles. The van der Waals surface area contributed by atoms with Crippen LogP contribution in [-0.2, 0) is 4.74 Å². The number of carbonyl (C=O) groups is 1. The first-order chi connectivity index (χ1) is 12.1. The molecular weight excluding hydrogens is 318 g/mol. The molecule has 1 aromatic rings. The van der Waals surface area contributed by atoms with E-state index in [0.29, 0.717) is 17.6 Å². The Morgan fingerprint density at radius 2 is 2.00 bits per heavy atom. The zero-order valence-electron chi connectivity index (χ0n) is 15.3. The Morgan fingerprint density at radius 3 is 2.72 bits per heavy atom. The van der Waals surface area contributed by atoms with Crippen molar-refractivity contribution in [1.29, 1.82) is 0 Å². The highest BCUT2D eigenvalue weighted by Gasteiger charge is 2.43. The molecule has 0 radical (unpaired) electrons. The summed E-state index contributed by atoms with van der Waals surface area (Å²) in [5.41, 5.74) is 0. The summed E-state index contributed by atoms with van der Waals surface area (Å²) < 4.78 is 11.7. The molecule has 138 valence electrons. The van der Waals surface area contributed by atoms with Gasteiger partial charge in [-0.05, 0) is 38.4 Å². The molecule has 25 heavy (non-hydrogen) atoms. The Balaban J connectivity index is 1.38. The van der Waals surface area contributed by atoms with Crippen LogP contribution in [0.25, 0.3) is 0 Å². The zero-order chi connectivity index (χ0) is 17.4. The van der Waals surface area contributed by atoms with Crippen molar-refractivity contribution in [1.82, 2.24) is 14.7 Å². The monoisotopic (exact) mass is 347 g/mol. The lowest BCUT2D eigenvalue weighted by Gasteiger charge is -2.38. The number of aryl methyl sites for hydroxylation is 1. The third-order valence-corrected chi connectivity index (χ3v) is 6.08. The van der Waals surface area contributed by atoms with Crippen LogP contribution in [0.4, 0.5) is 0 Å². The predicted octanol–water partition coefficient (Wildman–Crippen LogP) is 1.31. The van der Waals surface area contributed by atoms with Gasteiger partial charge in [0.1, 0.15) is 5.76 Å². The quantitative estimate of drug-likeness (QED) is 0.825. The molecule has 0 N–H and O–H groups in total. The standard InChI is InChI=1S/C19H29N3O3/c1-14-3-4-17(25-14)19(23)22-6-5-15-13-24-18(16(15)11-22)12-21-9-7-20(2)8-10-21/h3-4,15-16,18H,5-13H2,1-2H3/t15-,16-,18+/m0/s1. The summed E-state index contributed by atoms with van der Waals surface area (Å²) >= 11 is 0. The lowest BCUT2D eigenvalue weighted by Crippen LogP contribution is -2.50. The first kappa shape index (κ1) is 17.1. The highest BCUT2D eigenvalue weighted by Crippen LogP contribution is 2.35. The minimum atomic E-state index is 0.0248. The summed E-state index contributed by atoms with van der Waals surface area (Å²) in [4.78, 5) is 19.6. The molecule has 3 fully saturated rings. The second-order valence-corrected chi connectivity index (χ2v) is 7.85. The molecule has 4 heterocycles. The Hall–Kier alpha value is -1.37. The minimum absolute atomic E-state index is 0.0248. The molecular formula is C19H29N3O3. The van der Waals surface area contributed by atoms with E-state index in [1.165, 1.54) is 0 Å². The Labute approximate surface area is 149 Å². The summed E-state index contributed by atoms with van der Waals surface area (Å²) in [6.45, 7) is 9.81. The van der Waals surface area contributed by atoms with Crippen molar-refractivity contribution in [2.75, 3.05) is 59.5 Å². The van der Waals surface area contributed by atoms with Crippen LogP contribution in [-0.4, -0.2) is 86.2 Å². The maximum atomic E-state index is 12.7. The number of piperazine rings is 1. The normalized spacial score (nSPS) is 31.3. The Morgan fingerprint density at radius 1 is 1.20 bits per heavy atom. The van der Waals surface area contributed by atoms with Gasteiger partial charge in [-0.15, -0.1) is 0 Å². The van der Waals surface area contributed by atoms with Crippen molar-refractivity contribution < 1.29 is 13.9 Å². The van der Waals surface area contributed by atoms with E-state index in [-0.39, 0.29) is 12.0 Å². The smallest absolute Gasteiger partial charge is 0.289 e. The van der Waals surface area contributed by atoms with Crippen molar-refractivity contribution in [3.63, 3.8) is 0 Å². The number of amides is 1. The molecule has 0 bridgehead atoms. The summed E-state index contributed by atoms with van der Waals surface area (Å²) in [7, 11) is 2.18. The predicted molar refractivity (Wildman–Crippen MR) is 94.6 cm³/mol. The van der Waals surface area contributed by atoms with E-state index in [0.717, 1.165) is 64.6 Å². The van der Waals surface area contributed by atoms with Gasteiger partial charge < -0.3 is 19.0 Å². The van der Waals surface area contributed by atoms with Crippen LogP contribution in [0.2, 0.25) is 0 Å². The number of hydrogen-bond donors (Lipinski definition) is 0. The van der Waals surface area contributed by atoms with Crippen LogP contribution in [0.3, 0.4) is 0 Å². The van der Waals surface area contributed by atoms with E-state index in [4.69, 9.17) is 9.15 Å². The molecule has 3 atom stereocenters. The van der Waals surface area contributed by atoms with Crippen molar-refractivity contribution in [2.24, 2.45) is 11.8 Å². The van der Waals surface area contributed by atoms with E-state index in [1.54, 1.807) is 6.07 Å². The van der Waals surface area contributed by atoms with Gasteiger partial charge in [-0.3, -0.25) is 9.69 Å². The van der Waals surface area contributed by atoms with Crippen LogP contribution in [0, 0.1) is 18.8 Å². The highest BCUT2D eigenvalue weighted by molar-refractivity contribution is 5.91. The maximum absolute atomic E-state index is 12.7. The second kappa shape index (κ2) is 7.09. The third kappa shape index (κ3) is 3.61. The minimum Gasteiger partial charge on any atom is -0.456 e. The molecule has 0 spiro atoms. The number of carbonyl (C=O) groups excluding carboxylic acids is 1. The number of likely N-dealkylation sites (N-methyl/N-ethyl adjacent to an activating group) is 1. The summed E-state index contributed by atoms with van der Waals surface area (Å²) in [5, 5.41) is 0. The first-order valence-electron chi connectivity index (χ1n) is 9.48. The molecule has 0 aliphatic carbocycles.